The Labute approximate surface area is 123 Å². The van der Waals surface area contributed by atoms with Crippen LogP contribution in [0.5, 0.6) is 5.75 Å². The molecule has 1 heterocycles. The number of nitrogens with one attached hydrogen (secondary N) is 1. The summed E-state index contributed by atoms with van der Waals surface area (Å²) in [4.78, 5) is 13.9. The number of fused-ring (bicyclic) bond motifs is 1. The van der Waals surface area contributed by atoms with Gasteiger partial charge in [-0.2, -0.15) is 0 Å². The Morgan fingerprint density at radius 3 is 2.81 bits per heavy atom. The number of nitrogens with two attached hydrogens (primary N) is 1. The van der Waals surface area contributed by atoms with Crippen LogP contribution in [0, 0.1) is 0 Å². The first-order valence-electron chi connectivity index (χ1n) is 6.76. The molecule has 0 saturated heterocycles. The number of rotatable bonds is 3. The van der Waals surface area contributed by atoms with E-state index in [1.807, 2.05) is 47.4 Å². The number of amides is 1. The standard InChI is InChI=1S/C16H17N3O2/c1-21-12-7-6-11(9-17)15(8-12)19-10-16(20)18-13-4-2-3-5-14(13)19/h2-8H,9-10,17H2,1H3,(H,18,20). The Morgan fingerprint density at radius 2 is 2.05 bits per heavy atom. The molecular formula is C16H17N3O2. The zero-order chi connectivity index (χ0) is 14.8. The molecule has 0 spiro atoms. The predicted molar refractivity (Wildman–Crippen MR) is 83.0 cm³/mol. The SMILES string of the molecule is COc1ccc(CN)c(N2CC(=O)Nc3ccccc32)c1. The summed E-state index contributed by atoms with van der Waals surface area (Å²) in [5, 5.41) is 2.88. The van der Waals surface area contributed by atoms with Crippen molar-refractivity contribution in [3.05, 3.63) is 48.0 Å². The highest BCUT2D eigenvalue weighted by molar-refractivity contribution is 6.03. The number of benzene rings is 2. The van der Waals surface area contributed by atoms with Crippen LogP contribution in [0.3, 0.4) is 0 Å². The maximum Gasteiger partial charge on any atom is 0.244 e. The van der Waals surface area contributed by atoms with E-state index in [4.69, 9.17) is 10.5 Å². The molecule has 0 saturated carbocycles. The minimum Gasteiger partial charge on any atom is -0.497 e. The van der Waals surface area contributed by atoms with Gasteiger partial charge in [-0.15, -0.1) is 0 Å². The minimum absolute atomic E-state index is 0.0421. The number of carbonyl (C=O) groups excluding carboxylic acids is 1. The molecule has 1 aliphatic heterocycles. The summed E-state index contributed by atoms with van der Waals surface area (Å²) in [7, 11) is 1.62. The van der Waals surface area contributed by atoms with Crippen molar-refractivity contribution in [2.75, 3.05) is 23.9 Å². The average molecular weight is 283 g/mol. The van der Waals surface area contributed by atoms with E-state index in [1.165, 1.54) is 0 Å². The van der Waals surface area contributed by atoms with E-state index in [2.05, 4.69) is 5.32 Å². The van der Waals surface area contributed by atoms with Gasteiger partial charge in [-0.05, 0) is 23.8 Å². The Bertz CT molecular complexity index is 685. The van der Waals surface area contributed by atoms with Crippen molar-refractivity contribution in [2.45, 2.75) is 6.54 Å². The molecule has 1 amide bonds. The lowest BCUT2D eigenvalue weighted by molar-refractivity contribution is -0.115. The molecule has 3 N–H and O–H groups in total. The van der Waals surface area contributed by atoms with Crippen LogP contribution in [-0.4, -0.2) is 19.6 Å². The average Bonchev–Trinajstić information content (AvgIpc) is 2.53. The fourth-order valence-corrected chi connectivity index (χ4v) is 2.54. The summed E-state index contributed by atoms with van der Waals surface area (Å²) in [6.07, 6.45) is 0. The molecule has 0 radical (unpaired) electrons. The van der Waals surface area contributed by atoms with Gasteiger partial charge in [-0.25, -0.2) is 0 Å². The number of nitrogens with zero attached hydrogens (tertiary/aromatic N) is 1. The van der Waals surface area contributed by atoms with Crippen LogP contribution >= 0.6 is 0 Å². The summed E-state index contributed by atoms with van der Waals surface area (Å²) in [6.45, 7) is 0.663. The Balaban J connectivity index is 2.14. The molecule has 0 unspecified atom stereocenters. The van der Waals surface area contributed by atoms with Gasteiger partial charge in [0.1, 0.15) is 12.3 Å². The van der Waals surface area contributed by atoms with Gasteiger partial charge in [0.05, 0.1) is 18.5 Å². The molecule has 2 aromatic rings. The van der Waals surface area contributed by atoms with Crippen molar-refractivity contribution in [1.29, 1.82) is 0 Å². The maximum atomic E-state index is 11.9. The predicted octanol–water partition coefficient (Wildman–Crippen LogP) is 2.24. The number of methoxy groups -OCH3 is 1. The fraction of sp³-hybridized carbons (Fsp3) is 0.188. The third-order valence-corrected chi connectivity index (χ3v) is 3.57. The molecule has 2 aromatic carbocycles. The van der Waals surface area contributed by atoms with Gasteiger partial charge in [-0.1, -0.05) is 18.2 Å². The minimum atomic E-state index is -0.0421. The van der Waals surface area contributed by atoms with Crippen molar-refractivity contribution in [2.24, 2.45) is 5.73 Å². The van der Waals surface area contributed by atoms with E-state index >= 15 is 0 Å². The highest BCUT2D eigenvalue weighted by atomic mass is 16.5. The Hall–Kier alpha value is -2.53. The first-order valence-corrected chi connectivity index (χ1v) is 6.76. The molecule has 0 bridgehead atoms. The highest BCUT2D eigenvalue weighted by Crippen LogP contribution is 2.37. The lowest BCUT2D eigenvalue weighted by Crippen LogP contribution is -2.35. The molecule has 5 nitrogen and oxygen atoms in total. The van der Waals surface area contributed by atoms with E-state index in [-0.39, 0.29) is 12.5 Å². The molecule has 5 heteroatoms. The van der Waals surface area contributed by atoms with Crippen molar-refractivity contribution in [3.63, 3.8) is 0 Å². The molecule has 0 atom stereocenters. The third kappa shape index (κ3) is 2.43. The quantitative estimate of drug-likeness (QED) is 0.906. The second-order valence-electron chi connectivity index (χ2n) is 4.85. The molecule has 0 fully saturated rings. The number of anilines is 3. The molecule has 1 aliphatic rings. The fourth-order valence-electron chi connectivity index (χ4n) is 2.54. The van der Waals surface area contributed by atoms with Crippen LogP contribution in [0.25, 0.3) is 0 Å². The van der Waals surface area contributed by atoms with Gasteiger partial charge in [-0.3, -0.25) is 4.79 Å². The highest BCUT2D eigenvalue weighted by Gasteiger charge is 2.24. The van der Waals surface area contributed by atoms with Gasteiger partial charge in [0.15, 0.2) is 0 Å². The first-order chi connectivity index (χ1) is 10.2. The maximum absolute atomic E-state index is 11.9. The summed E-state index contributed by atoms with van der Waals surface area (Å²) >= 11 is 0. The lowest BCUT2D eigenvalue weighted by Gasteiger charge is -2.32. The van der Waals surface area contributed by atoms with Gasteiger partial charge in [0, 0.05) is 18.3 Å². The van der Waals surface area contributed by atoms with E-state index in [1.54, 1.807) is 7.11 Å². The summed E-state index contributed by atoms with van der Waals surface area (Å²) in [6, 6.07) is 13.4. The zero-order valence-corrected chi connectivity index (χ0v) is 11.8. The lowest BCUT2D eigenvalue weighted by atomic mass is 10.1. The third-order valence-electron chi connectivity index (χ3n) is 3.57. The van der Waals surface area contributed by atoms with Gasteiger partial charge < -0.3 is 20.7 Å². The molecular weight excluding hydrogens is 266 g/mol. The second-order valence-corrected chi connectivity index (χ2v) is 4.85. The summed E-state index contributed by atoms with van der Waals surface area (Å²) in [5.74, 6) is 0.699. The summed E-state index contributed by atoms with van der Waals surface area (Å²) < 4.78 is 5.29. The van der Waals surface area contributed by atoms with Crippen LogP contribution in [0.2, 0.25) is 0 Å². The van der Waals surface area contributed by atoms with E-state index in [0.29, 0.717) is 6.54 Å². The van der Waals surface area contributed by atoms with Crippen molar-refractivity contribution in [3.8, 4) is 5.75 Å². The molecule has 3 rings (SSSR count). The van der Waals surface area contributed by atoms with E-state index < -0.39 is 0 Å². The van der Waals surface area contributed by atoms with E-state index in [9.17, 15) is 4.79 Å². The van der Waals surface area contributed by atoms with Crippen molar-refractivity contribution >= 4 is 23.0 Å². The molecule has 0 aliphatic carbocycles. The van der Waals surface area contributed by atoms with Crippen molar-refractivity contribution < 1.29 is 9.53 Å². The number of ether oxygens (including phenoxy) is 1. The number of hydrogen-bond acceptors (Lipinski definition) is 4. The van der Waals surface area contributed by atoms with Gasteiger partial charge in [0.2, 0.25) is 5.91 Å². The smallest absolute Gasteiger partial charge is 0.244 e. The van der Waals surface area contributed by atoms with Crippen LogP contribution in [0.4, 0.5) is 17.1 Å². The largest absolute Gasteiger partial charge is 0.497 e. The zero-order valence-electron chi connectivity index (χ0n) is 11.8. The number of carbonyl (C=O) groups is 1. The van der Waals surface area contributed by atoms with Crippen LogP contribution in [-0.2, 0) is 11.3 Å². The van der Waals surface area contributed by atoms with Crippen LogP contribution in [0.1, 0.15) is 5.56 Å². The monoisotopic (exact) mass is 283 g/mol. The Kier molecular flexibility index (Phi) is 3.50. The molecule has 108 valence electrons. The van der Waals surface area contributed by atoms with Crippen LogP contribution in [0.15, 0.2) is 42.5 Å². The second kappa shape index (κ2) is 5.46. The Morgan fingerprint density at radius 1 is 1.24 bits per heavy atom. The number of para-hydroxylation sites is 2. The topological polar surface area (TPSA) is 67.6 Å². The van der Waals surface area contributed by atoms with Gasteiger partial charge >= 0.3 is 0 Å². The van der Waals surface area contributed by atoms with E-state index in [0.717, 1.165) is 28.4 Å². The molecule has 0 aromatic heterocycles. The van der Waals surface area contributed by atoms with Crippen molar-refractivity contribution in [1.82, 2.24) is 0 Å². The summed E-state index contributed by atoms with van der Waals surface area (Å²) in [5.41, 5.74) is 9.47. The first kappa shape index (κ1) is 13.5. The normalized spacial score (nSPS) is 13.6. The van der Waals surface area contributed by atoms with Gasteiger partial charge in [0.25, 0.3) is 0 Å². The number of hydrogen-bond donors (Lipinski definition) is 2. The van der Waals surface area contributed by atoms with Crippen LogP contribution < -0.4 is 20.7 Å². The molecule has 21 heavy (non-hydrogen) atoms.